The highest BCUT2D eigenvalue weighted by Crippen LogP contribution is 2.26. The van der Waals surface area contributed by atoms with Gasteiger partial charge in [-0.1, -0.05) is 39.8 Å². The Hall–Kier alpha value is -3.87. The van der Waals surface area contributed by atoms with E-state index in [0.717, 1.165) is 51.4 Å². The first-order valence-electron chi connectivity index (χ1n) is 12.0. The molecule has 4 rings (SSSR count). The van der Waals surface area contributed by atoms with Gasteiger partial charge in [-0.25, -0.2) is 4.98 Å². The van der Waals surface area contributed by atoms with E-state index in [-0.39, 0.29) is 11.3 Å². The van der Waals surface area contributed by atoms with Crippen LogP contribution in [0.25, 0.3) is 22.2 Å². The van der Waals surface area contributed by atoms with Gasteiger partial charge in [-0.2, -0.15) is 0 Å². The molecule has 0 spiro atoms. The SMILES string of the molecule is CCCN=C(c1nc2ccccc2[nH]1)c1cc(-c2cncc(NC(=O)CC(C)(C)C)c2)cnc1C. The van der Waals surface area contributed by atoms with E-state index in [4.69, 9.17) is 9.98 Å². The van der Waals surface area contributed by atoms with Crippen molar-refractivity contribution >= 4 is 28.3 Å². The Kier molecular flexibility index (Phi) is 7.05. The highest BCUT2D eigenvalue weighted by molar-refractivity contribution is 6.13. The van der Waals surface area contributed by atoms with E-state index in [1.165, 1.54) is 0 Å². The number of H-pyrrole nitrogens is 1. The van der Waals surface area contributed by atoms with Gasteiger partial charge in [0.1, 0.15) is 5.71 Å². The molecule has 7 heteroatoms. The number of nitrogens with zero attached hydrogens (tertiary/aromatic N) is 4. The maximum Gasteiger partial charge on any atom is 0.224 e. The number of pyridine rings is 2. The summed E-state index contributed by atoms with van der Waals surface area (Å²) in [6.07, 6.45) is 6.62. The van der Waals surface area contributed by atoms with Gasteiger partial charge in [0.15, 0.2) is 5.82 Å². The zero-order valence-corrected chi connectivity index (χ0v) is 21.0. The van der Waals surface area contributed by atoms with Crippen molar-refractivity contribution in [3.05, 3.63) is 72.1 Å². The van der Waals surface area contributed by atoms with E-state index >= 15 is 0 Å². The van der Waals surface area contributed by atoms with Crippen LogP contribution < -0.4 is 5.32 Å². The van der Waals surface area contributed by atoms with Crippen molar-refractivity contribution in [3.8, 4) is 11.1 Å². The van der Waals surface area contributed by atoms with Crippen molar-refractivity contribution in [3.63, 3.8) is 0 Å². The molecule has 0 fully saturated rings. The number of hydrogen-bond acceptors (Lipinski definition) is 5. The number of aromatic nitrogens is 4. The lowest BCUT2D eigenvalue weighted by atomic mass is 9.92. The van der Waals surface area contributed by atoms with Gasteiger partial charge in [0.25, 0.3) is 0 Å². The number of carbonyl (C=O) groups is 1. The average molecular weight is 469 g/mol. The van der Waals surface area contributed by atoms with Crippen LogP contribution in [-0.2, 0) is 4.79 Å². The molecule has 1 amide bonds. The van der Waals surface area contributed by atoms with E-state index in [1.54, 1.807) is 12.4 Å². The summed E-state index contributed by atoms with van der Waals surface area (Å²) in [5.41, 5.74) is 6.78. The average Bonchev–Trinajstić information content (AvgIpc) is 3.23. The second-order valence-corrected chi connectivity index (χ2v) is 9.94. The topological polar surface area (TPSA) is 95.9 Å². The number of fused-ring (bicyclic) bond motifs is 1. The lowest BCUT2D eigenvalue weighted by Gasteiger charge is -2.17. The number of amides is 1. The summed E-state index contributed by atoms with van der Waals surface area (Å²) in [7, 11) is 0. The number of carbonyl (C=O) groups excluding carboxylic acids is 1. The monoisotopic (exact) mass is 468 g/mol. The summed E-state index contributed by atoms with van der Waals surface area (Å²) < 4.78 is 0. The third-order valence-corrected chi connectivity index (χ3v) is 5.50. The van der Waals surface area contributed by atoms with Crippen LogP contribution in [0, 0.1) is 12.3 Å². The molecule has 2 N–H and O–H groups in total. The Morgan fingerprint density at radius 1 is 1.09 bits per heavy atom. The normalized spacial score (nSPS) is 12.2. The van der Waals surface area contributed by atoms with E-state index in [2.05, 4.69) is 33.3 Å². The van der Waals surface area contributed by atoms with Gasteiger partial charge in [-0.3, -0.25) is 19.8 Å². The molecule has 0 atom stereocenters. The van der Waals surface area contributed by atoms with E-state index < -0.39 is 0 Å². The molecule has 3 aromatic heterocycles. The molecule has 0 aliphatic carbocycles. The first-order chi connectivity index (χ1) is 16.7. The number of rotatable bonds is 7. The molecule has 0 saturated carbocycles. The summed E-state index contributed by atoms with van der Waals surface area (Å²) in [4.78, 5) is 34.5. The molecule has 0 radical (unpaired) electrons. The summed E-state index contributed by atoms with van der Waals surface area (Å²) in [6.45, 7) is 10.9. The van der Waals surface area contributed by atoms with Gasteiger partial charge < -0.3 is 10.3 Å². The van der Waals surface area contributed by atoms with Gasteiger partial charge >= 0.3 is 0 Å². The predicted molar refractivity (Wildman–Crippen MR) is 142 cm³/mol. The van der Waals surface area contributed by atoms with Crippen molar-refractivity contribution in [2.24, 2.45) is 10.4 Å². The zero-order valence-electron chi connectivity index (χ0n) is 21.0. The summed E-state index contributed by atoms with van der Waals surface area (Å²) >= 11 is 0. The molecule has 7 nitrogen and oxygen atoms in total. The molecule has 0 bridgehead atoms. The highest BCUT2D eigenvalue weighted by atomic mass is 16.1. The third kappa shape index (κ3) is 5.98. The summed E-state index contributed by atoms with van der Waals surface area (Å²) in [6, 6.07) is 12.0. The van der Waals surface area contributed by atoms with Gasteiger partial charge in [-0.15, -0.1) is 0 Å². The number of aliphatic imine (C=N–C) groups is 1. The van der Waals surface area contributed by atoms with Crippen molar-refractivity contribution < 1.29 is 4.79 Å². The number of anilines is 1. The first-order valence-corrected chi connectivity index (χ1v) is 12.0. The fourth-order valence-electron chi connectivity index (χ4n) is 3.86. The number of imidazole rings is 1. The molecule has 1 aromatic carbocycles. The molecule has 180 valence electrons. The van der Waals surface area contributed by atoms with Crippen LogP contribution in [0.5, 0.6) is 0 Å². The van der Waals surface area contributed by atoms with E-state index in [0.29, 0.717) is 18.7 Å². The molecule has 35 heavy (non-hydrogen) atoms. The number of para-hydroxylation sites is 2. The minimum Gasteiger partial charge on any atom is -0.337 e. The third-order valence-electron chi connectivity index (χ3n) is 5.50. The quantitative estimate of drug-likeness (QED) is 0.328. The predicted octanol–water partition coefficient (Wildman–Crippen LogP) is 5.95. The lowest BCUT2D eigenvalue weighted by molar-refractivity contribution is -0.117. The maximum atomic E-state index is 12.4. The summed E-state index contributed by atoms with van der Waals surface area (Å²) in [5, 5.41) is 2.97. The van der Waals surface area contributed by atoms with Crippen molar-refractivity contribution in [2.45, 2.75) is 47.5 Å². The Morgan fingerprint density at radius 3 is 2.60 bits per heavy atom. The molecule has 4 aromatic rings. The number of aromatic amines is 1. The number of benzene rings is 1. The Labute approximate surface area is 206 Å². The molecular weight excluding hydrogens is 436 g/mol. The summed E-state index contributed by atoms with van der Waals surface area (Å²) in [5.74, 6) is 0.695. The number of aryl methyl sites for hydroxylation is 1. The van der Waals surface area contributed by atoms with Gasteiger partial charge in [0.05, 0.1) is 22.9 Å². The van der Waals surface area contributed by atoms with Crippen LogP contribution in [-0.4, -0.2) is 38.1 Å². The van der Waals surface area contributed by atoms with Crippen LogP contribution >= 0.6 is 0 Å². The number of hydrogen-bond donors (Lipinski definition) is 2. The van der Waals surface area contributed by atoms with Crippen LogP contribution in [0.2, 0.25) is 0 Å². The van der Waals surface area contributed by atoms with Crippen molar-refractivity contribution in [1.29, 1.82) is 0 Å². The van der Waals surface area contributed by atoms with Crippen LogP contribution in [0.15, 0.2) is 60.0 Å². The van der Waals surface area contributed by atoms with E-state index in [1.807, 2.05) is 64.2 Å². The van der Waals surface area contributed by atoms with Crippen molar-refractivity contribution in [2.75, 3.05) is 11.9 Å². The molecule has 0 aliphatic rings. The standard InChI is InChI=1S/C28H32N6O/c1-6-11-30-26(27-33-23-9-7-8-10-24(23)34-27)22-13-20(16-31-18(22)2)19-12-21(17-29-15-19)32-25(35)14-28(3,4)5/h7-10,12-13,15-17H,6,11,14H2,1-5H3,(H,32,35)(H,33,34). The van der Waals surface area contributed by atoms with Crippen LogP contribution in [0.1, 0.15) is 57.6 Å². The smallest absolute Gasteiger partial charge is 0.224 e. The largest absolute Gasteiger partial charge is 0.337 e. The fraction of sp³-hybridized carbons (Fsp3) is 0.321. The van der Waals surface area contributed by atoms with Gasteiger partial charge in [-0.05, 0) is 43.0 Å². The van der Waals surface area contributed by atoms with E-state index in [9.17, 15) is 4.79 Å². The van der Waals surface area contributed by atoms with Crippen LogP contribution in [0.3, 0.4) is 0 Å². The lowest BCUT2D eigenvalue weighted by Crippen LogP contribution is -2.19. The minimum absolute atomic E-state index is 0.0296. The molecule has 0 unspecified atom stereocenters. The Balaban J connectivity index is 1.70. The fourth-order valence-corrected chi connectivity index (χ4v) is 3.86. The Morgan fingerprint density at radius 2 is 1.86 bits per heavy atom. The maximum absolute atomic E-state index is 12.4. The molecule has 3 heterocycles. The van der Waals surface area contributed by atoms with Crippen LogP contribution in [0.4, 0.5) is 5.69 Å². The van der Waals surface area contributed by atoms with Gasteiger partial charge in [0, 0.05) is 47.7 Å². The Bertz CT molecular complexity index is 1350. The molecular formula is C28H32N6O. The molecule has 0 aliphatic heterocycles. The second-order valence-electron chi connectivity index (χ2n) is 9.94. The van der Waals surface area contributed by atoms with Gasteiger partial charge in [0.2, 0.25) is 5.91 Å². The highest BCUT2D eigenvalue weighted by Gasteiger charge is 2.18. The second kappa shape index (κ2) is 10.2. The molecule has 0 saturated heterocycles. The first kappa shape index (κ1) is 24.3. The minimum atomic E-state index is -0.0875. The zero-order chi connectivity index (χ0) is 25.0. The van der Waals surface area contributed by atoms with Crippen molar-refractivity contribution in [1.82, 2.24) is 19.9 Å². The number of nitrogens with one attached hydrogen (secondary N) is 2.